The molecule has 7 heteroatoms. The molecule has 52 heavy (non-hydrogen) atoms. The Hall–Kier alpha value is -1.34. The highest BCUT2D eigenvalue weighted by Crippen LogP contribution is 2.21. The third kappa shape index (κ3) is 38.4. The molecular formula is C45H89NO6. The fourth-order valence-corrected chi connectivity index (χ4v) is 7.01. The topological polar surface area (TPSA) is 85.3 Å². The Kier molecular flexibility index (Phi) is 41.3. The molecule has 0 rings (SSSR count). The molecule has 0 amide bonds. The first kappa shape index (κ1) is 50.7. The van der Waals surface area contributed by atoms with Crippen LogP contribution in [0.25, 0.3) is 0 Å². The van der Waals surface area contributed by atoms with Crippen molar-refractivity contribution in [1.82, 2.24) is 4.90 Å². The molecule has 1 N–H and O–H groups in total. The monoisotopic (exact) mass is 740 g/mol. The van der Waals surface area contributed by atoms with Crippen LogP contribution in [0.5, 0.6) is 0 Å². The van der Waals surface area contributed by atoms with Crippen LogP contribution in [0.1, 0.15) is 226 Å². The number of rotatable bonds is 42. The van der Waals surface area contributed by atoms with Crippen molar-refractivity contribution in [3.63, 3.8) is 0 Å². The maximum Gasteiger partial charge on any atom is 0.508 e. The maximum absolute atomic E-state index is 12.6. The van der Waals surface area contributed by atoms with Crippen LogP contribution in [0.3, 0.4) is 0 Å². The minimum Gasteiger partial charge on any atom is -0.465 e. The maximum atomic E-state index is 12.6. The summed E-state index contributed by atoms with van der Waals surface area (Å²) in [6, 6.07) is 0. The zero-order valence-electron chi connectivity index (χ0n) is 35.1. The third-order valence-corrected chi connectivity index (χ3v) is 10.5. The van der Waals surface area contributed by atoms with Crippen LogP contribution >= 0.6 is 0 Å². The summed E-state index contributed by atoms with van der Waals surface area (Å²) in [6.45, 7) is 11.1. The van der Waals surface area contributed by atoms with Crippen LogP contribution in [-0.4, -0.2) is 68.2 Å². The molecular weight excluding hydrogens is 650 g/mol. The molecule has 1 unspecified atom stereocenters. The average molecular weight is 740 g/mol. The van der Waals surface area contributed by atoms with Gasteiger partial charge in [0, 0.05) is 13.0 Å². The van der Waals surface area contributed by atoms with Crippen molar-refractivity contribution in [2.24, 2.45) is 5.92 Å². The van der Waals surface area contributed by atoms with Gasteiger partial charge in [0.2, 0.25) is 0 Å². The van der Waals surface area contributed by atoms with Crippen molar-refractivity contribution in [2.45, 2.75) is 226 Å². The van der Waals surface area contributed by atoms with Crippen molar-refractivity contribution < 1.29 is 28.9 Å². The zero-order valence-corrected chi connectivity index (χ0v) is 35.1. The zero-order chi connectivity index (χ0) is 38.0. The fourth-order valence-electron chi connectivity index (χ4n) is 7.01. The van der Waals surface area contributed by atoms with E-state index in [4.69, 9.17) is 14.2 Å². The summed E-state index contributed by atoms with van der Waals surface area (Å²) in [5.74, 6) is 0.505. The van der Waals surface area contributed by atoms with E-state index in [2.05, 4.69) is 25.7 Å². The Balaban J connectivity index is 3.99. The number of carbonyl (C=O) groups excluding carboxylic acids is 2. The molecule has 0 bridgehead atoms. The normalized spacial score (nSPS) is 12.0. The van der Waals surface area contributed by atoms with Crippen molar-refractivity contribution in [3.05, 3.63) is 0 Å². The molecule has 310 valence electrons. The number of carbonyl (C=O) groups is 2. The Bertz CT molecular complexity index is 735. The molecule has 0 fully saturated rings. The van der Waals surface area contributed by atoms with Crippen molar-refractivity contribution in [2.75, 3.05) is 46.1 Å². The van der Waals surface area contributed by atoms with Gasteiger partial charge in [-0.2, -0.15) is 0 Å². The van der Waals surface area contributed by atoms with E-state index in [-0.39, 0.29) is 12.6 Å². The molecule has 0 aromatic carbocycles. The first-order chi connectivity index (χ1) is 25.6. The summed E-state index contributed by atoms with van der Waals surface area (Å²) >= 11 is 0. The highest BCUT2D eigenvalue weighted by atomic mass is 16.7. The number of hydrogen-bond donors (Lipinski definition) is 1. The largest absolute Gasteiger partial charge is 0.508 e. The molecule has 0 spiro atoms. The number of hydrogen-bond acceptors (Lipinski definition) is 7. The first-order valence-electron chi connectivity index (χ1n) is 22.9. The van der Waals surface area contributed by atoms with E-state index in [1.807, 2.05) is 0 Å². The number of unbranched alkanes of at least 4 members (excludes halogenated alkanes) is 24. The smallest absolute Gasteiger partial charge is 0.465 e. The van der Waals surface area contributed by atoms with Crippen LogP contribution in [0.2, 0.25) is 0 Å². The quantitative estimate of drug-likeness (QED) is 0.0493. The third-order valence-electron chi connectivity index (χ3n) is 10.5. The van der Waals surface area contributed by atoms with Gasteiger partial charge in [-0.25, -0.2) is 4.79 Å². The summed E-state index contributed by atoms with van der Waals surface area (Å²) < 4.78 is 16.2. The van der Waals surface area contributed by atoms with E-state index in [0.29, 0.717) is 38.7 Å². The second kappa shape index (κ2) is 42.4. The van der Waals surface area contributed by atoms with Gasteiger partial charge in [0.05, 0.1) is 26.4 Å². The lowest BCUT2D eigenvalue weighted by atomic mass is 9.94. The minimum absolute atomic E-state index is 0.0171. The number of esters is 1. The first-order valence-corrected chi connectivity index (χ1v) is 22.9. The Morgan fingerprint density at radius 2 is 0.846 bits per heavy atom. The minimum atomic E-state index is -0.534. The lowest BCUT2D eigenvalue weighted by molar-refractivity contribution is -0.145. The van der Waals surface area contributed by atoms with Crippen LogP contribution in [0.15, 0.2) is 0 Å². The van der Waals surface area contributed by atoms with Gasteiger partial charge in [-0.1, -0.05) is 175 Å². The predicted octanol–water partition coefficient (Wildman–Crippen LogP) is 13.1. The van der Waals surface area contributed by atoms with Gasteiger partial charge in [0.15, 0.2) is 0 Å². The lowest BCUT2D eigenvalue weighted by Gasteiger charge is -2.21. The van der Waals surface area contributed by atoms with Crippen LogP contribution < -0.4 is 0 Å². The van der Waals surface area contributed by atoms with E-state index >= 15 is 0 Å². The standard InChI is InChI=1S/C45H89NO6/c1-4-7-10-13-16-17-20-27-34-43(33-26-19-15-12-9-6-3)42-52-44(48)35-28-21-22-29-36-46(38-39-47)37-30-23-25-32-41-51-45(49)50-40-31-24-18-14-11-8-5-2/h43,47H,4-42H2,1-3H3. The second-order valence-corrected chi connectivity index (χ2v) is 15.6. The summed E-state index contributed by atoms with van der Waals surface area (Å²) in [6.07, 6.45) is 37.6. The summed E-state index contributed by atoms with van der Waals surface area (Å²) in [5, 5.41) is 9.53. The van der Waals surface area contributed by atoms with Crippen LogP contribution in [0.4, 0.5) is 4.79 Å². The number of nitrogens with zero attached hydrogens (tertiary/aromatic N) is 1. The van der Waals surface area contributed by atoms with Gasteiger partial charge in [0.25, 0.3) is 0 Å². The lowest BCUT2D eigenvalue weighted by Crippen LogP contribution is -2.29. The molecule has 0 saturated carbocycles. The van der Waals surface area contributed by atoms with E-state index in [0.717, 1.165) is 77.3 Å². The fraction of sp³-hybridized carbons (Fsp3) is 0.956. The van der Waals surface area contributed by atoms with Crippen LogP contribution in [-0.2, 0) is 19.0 Å². The molecule has 0 aromatic rings. The van der Waals surface area contributed by atoms with Gasteiger partial charge >= 0.3 is 12.1 Å². The SMILES string of the molecule is CCCCCCCCCCC(CCCCCCCC)COC(=O)CCCCCCN(CCO)CCCCCCOC(=O)OCCCCCCCCC. The van der Waals surface area contributed by atoms with Gasteiger partial charge in [-0.15, -0.1) is 0 Å². The summed E-state index contributed by atoms with van der Waals surface area (Å²) in [5.41, 5.74) is 0. The molecule has 0 radical (unpaired) electrons. The molecule has 0 saturated heterocycles. The predicted molar refractivity (Wildman–Crippen MR) is 220 cm³/mol. The van der Waals surface area contributed by atoms with Gasteiger partial charge < -0.3 is 24.2 Å². The van der Waals surface area contributed by atoms with Gasteiger partial charge in [0.1, 0.15) is 0 Å². The van der Waals surface area contributed by atoms with E-state index in [9.17, 15) is 14.7 Å². The second-order valence-electron chi connectivity index (χ2n) is 15.6. The molecule has 0 heterocycles. The Morgan fingerprint density at radius 3 is 1.29 bits per heavy atom. The van der Waals surface area contributed by atoms with Crippen molar-refractivity contribution in [1.29, 1.82) is 0 Å². The number of aliphatic hydroxyl groups is 1. The Labute approximate surface area is 323 Å². The molecule has 0 aliphatic heterocycles. The summed E-state index contributed by atoms with van der Waals surface area (Å²) in [4.78, 5) is 26.7. The average Bonchev–Trinajstić information content (AvgIpc) is 3.14. The van der Waals surface area contributed by atoms with Crippen molar-refractivity contribution in [3.8, 4) is 0 Å². The van der Waals surface area contributed by atoms with E-state index in [1.165, 1.54) is 135 Å². The number of ether oxygens (including phenoxy) is 3. The molecule has 1 atom stereocenters. The van der Waals surface area contributed by atoms with Crippen molar-refractivity contribution >= 4 is 12.1 Å². The van der Waals surface area contributed by atoms with Crippen LogP contribution in [0, 0.1) is 5.92 Å². The Morgan fingerprint density at radius 1 is 0.462 bits per heavy atom. The number of aliphatic hydroxyl groups excluding tert-OH is 1. The molecule has 7 nitrogen and oxygen atoms in total. The molecule has 0 aliphatic carbocycles. The molecule has 0 aliphatic rings. The highest BCUT2D eigenvalue weighted by molar-refractivity contribution is 5.69. The van der Waals surface area contributed by atoms with E-state index in [1.54, 1.807) is 0 Å². The van der Waals surface area contributed by atoms with E-state index < -0.39 is 6.16 Å². The molecule has 0 aromatic heterocycles. The van der Waals surface area contributed by atoms with Gasteiger partial charge in [-0.3, -0.25) is 4.79 Å². The summed E-state index contributed by atoms with van der Waals surface area (Å²) in [7, 11) is 0. The highest BCUT2D eigenvalue weighted by Gasteiger charge is 2.13. The van der Waals surface area contributed by atoms with Gasteiger partial charge in [-0.05, 0) is 64.0 Å².